The van der Waals surface area contributed by atoms with Gasteiger partial charge in [0, 0.05) is 37.2 Å². The number of fused-ring (bicyclic) bond motifs is 1. The van der Waals surface area contributed by atoms with Gasteiger partial charge in [0.2, 0.25) is 0 Å². The Morgan fingerprint density at radius 2 is 2.15 bits per heavy atom. The van der Waals surface area contributed by atoms with Crippen molar-refractivity contribution in [2.75, 3.05) is 26.7 Å². The first-order valence-electron chi connectivity index (χ1n) is 11.0. The van der Waals surface area contributed by atoms with E-state index in [-0.39, 0.29) is 24.2 Å². The molecule has 4 N–H and O–H groups in total. The van der Waals surface area contributed by atoms with Crippen LogP contribution in [0.5, 0.6) is 0 Å². The standard InChI is InChI=1S/C21H37FN4O/c1-13-10-16(23-2)12-18(25-13)26-17-11-15-6-9-27-21(15)19(20(17)22)14-4-3-7-24-8-5-14/h5,13,15-21,23-26H,3-4,6-12H2,1-2H3. The maximum atomic E-state index is 15.9. The largest absolute Gasteiger partial charge is 0.377 e. The minimum atomic E-state index is -0.874. The zero-order valence-corrected chi connectivity index (χ0v) is 16.8. The van der Waals surface area contributed by atoms with Gasteiger partial charge in [0.05, 0.1) is 12.3 Å². The van der Waals surface area contributed by atoms with Crippen LogP contribution >= 0.6 is 0 Å². The molecule has 1 saturated carbocycles. The molecule has 0 bridgehead atoms. The lowest BCUT2D eigenvalue weighted by Gasteiger charge is -2.45. The van der Waals surface area contributed by atoms with Crippen LogP contribution in [0, 0.1) is 11.8 Å². The van der Waals surface area contributed by atoms with Gasteiger partial charge in [-0.05, 0) is 65.0 Å². The summed E-state index contributed by atoms with van der Waals surface area (Å²) in [5.41, 5.74) is 1.29. The van der Waals surface area contributed by atoms with Crippen LogP contribution in [0.25, 0.3) is 0 Å². The van der Waals surface area contributed by atoms with Gasteiger partial charge >= 0.3 is 0 Å². The molecule has 0 aromatic carbocycles. The predicted octanol–water partition coefficient (Wildman–Crippen LogP) is 1.70. The van der Waals surface area contributed by atoms with E-state index in [1.54, 1.807) is 0 Å². The molecule has 4 rings (SSSR count). The van der Waals surface area contributed by atoms with E-state index >= 15 is 4.39 Å². The second-order valence-corrected chi connectivity index (χ2v) is 9.03. The molecule has 5 nitrogen and oxygen atoms in total. The molecule has 3 aliphatic heterocycles. The molecule has 8 atom stereocenters. The van der Waals surface area contributed by atoms with E-state index in [1.807, 2.05) is 7.05 Å². The van der Waals surface area contributed by atoms with E-state index in [1.165, 1.54) is 5.57 Å². The normalized spacial score (nSPS) is 45.8. The quantitative estimate of drug-likeness (QED) is 0.560. The average molecular weight is 381 g/mol. The molecule has 8 unspecified atom stereocenters. The zero-order valence-electron chi connectivity index (χ0n) is 16.8. The first-order valence-corrected chi connectivity index (χ1v) is 11.0. The number of hydrogen-bond donors (Lipinski definition) is 4. The van der Waals surface area contributed by atoms with E-state index in [0.29, 0.717) is 18.0 Å². The fourth-order valence-corrected chi connectivity index (χ4v) is 5.79. The van der Waals surface area contributed by atoms with Crippen molar-refractivity contribution < 1.29 is 9.13 Å². The Morgan fingerprint density at radius 3 is 3.00 bits per heavy atom. The second kappa shape index (κ2) is 8.87. The van der Waals surface area contributed by atoms with E-state index in [0.717, 1.165) is 58.2 Å². The van der Waals surface area contributed by atoms with Crippen molar-refractivity contribution in [2.45, 2.75) is 82.0 Å². The van der Waals surface area contributed by atoms with Gasteiger partial charge in [-0.1, -0.05) is 11.6 Å². The van der Waals surface area contributed by atoms with Crippen LogP contribution < -0.4 is 21.3 Å². The summed E-state index contributed by atoms with van der Waals surface area (Å²) in [4.78, 5) is 0. The number of alkyl halides is 1. The third-order valence-electron chi connectivity index (χ3n) is 7.12. The number of piperidine rings is 1. The zero-order chi connectivity index (χ0) is 18.8. The fourth-order valence-electron chi connectivity index (χ4n) is 5.79. The summed E-state index contributed by atoms with van der Waals surface area (Å²) < 4.78 is 21.9. The molecule has 0 spiro atoms. The Hall–Kier alpha value is -0.530. The molecule has 3 heterocycles. The van der Waals surface area contributed by atoms with E-state index < -0.39 is 6.17 Å². The molecule has 3 fully saturated rings. The van der Waals surface area contributed by atoms with E-state index in [4.69, 9.17) is 4.74 Å². The summed E-state index contributed by atoms with van der Waals surface area (Å²) >= 11 is 0. The highest BCUT2D eigenvalue weighted by molar-refractivity contribution is 5.18. The van der Waals surface area contributed by atoms with Gasteiger partial charge in [0.15, 0.2) is 0 Å². The van der Waals surface area contributed by atoms with Crippen molar-refractivity contribution in [3.05, 3.63) is 11.6 Å². The van der Waals surface area contributed by atoms with Crippen LogP contribution in [0.4, 0.5) is 4.39 Å². The molecule has 0 aromatic rings. The minimum absolute atomic E-state index is 0.0747. The number of nitrogens with one attached hydrogen (secondary N) is 4. The number of hydrogen-bond acceptors (Lipinski definition) is 5. The first-order chi connectivity index (χ1) is 13.2. The van der Waals surface area contributed by atoms with Crippen LogP contribution in [0.1, 0.15) is 45.4 Å². The Kier molecular flexibility index (Phi) is 6.49. The van der Waals surface area contributed by atoms with Crippen molar-refractivity contribution in [1.82, 2.24) is 21.3 Å². The van der Waals surface area contributed by atoms with E-state index in [2.05, 4.69) is 34.3 Å². The highest BCUT2D eigenvalue weighted by atomic mass is 19.1. The lowest BCUT2D eigenvalue weighted by Crippen LogP contribution is -2.62. The molecule has 154 valence electrons. The highest BCUT2D eigenvalue weighted by Crippen LogP contribution is 2.44. The van der Waals surface area contributed by atoms with Crippen LogP contribution in [0.2, 0.25) is 0 Å². The number of rotatable bonds is 4. The van der Waals surface area contributed by atoms with Gasteiger partial charge in [0.1, 0.15) is 6.17 Å². The molecule has 6 heteroatoms. The van der Waals surface area contributed by atoms with Crippen LogP contribution in [-0.4, -0.2) is 63.3 Å². The minimum Gasteiger partial charge on any atom is -0.377 e. The van der Waals surface area contributed by atoms with Crippen LogP contribution in [-0.2, 0) is 4.74 Å². The summed E-state index contributed by atoms with van der Waals surface area (Å²) in [6.45, 7) is 4.89. The molecule has 4 aliphatic rings. The highest BCUT2D eigenvalue weighted by Gasteiger charge is 2.49. The van der Waals surface area contributed by atoms with Gasteiger partial charge in [-0.25, -0.2) is 4.39 Å². The van der Waals surface area contributed by atoms with Gasteiger partial charge in [-0.3, -0.25) is 10.6 Å². The Labute approximate surface area is 163 Å². The van der Waals surface area contributed by atoms with Gasteiger partial charge in [-0.15, -0.1) is 0 Å². The molecule has 0 aromatic heterocycles. The molecule has 0 amide bonds. The Balaban J connectivity index is 1.48. The van der Waals surface area contributed by atoms with Crippen molar-refractivity contribution in [3.8, 4) is 0 Å². The van der Waals surface area contributed by atoms with Crippen molar-refractivity contribution in [3.63, 3.8) is 0 Å². The van der Waals surface area contributed by atoms with Gasteiger partial charge in [-0.2, -0.15) is 0 Å². The fraction of sp³-hybridized carbons (Fsp3) is 0.905. The van der Waals surface area contributed by atoms with Crippen molar-refractivity contribution in [2.24, 2.45) is 11.8 Å². The average Bonchev–Trinajstić information content (AvgIpc) is 2.95. The predicted molar refractivity (Wildman–Crippen MR) is 106 cm³/mol. The van der Waals surface area contributed by atoms with Gasteiger partial charge in [0.25, 0.3) is 0 Å². The maximum Gasteiger partial charge on any atom is 0.124 e. The second-order valence-electron chi connectivity index (χ2n) is 9.03. The first kappa shape index (κ1) is 19.8. The third-order valence-corrected chi connectivity index (χ3v) is 7.12. The SMILES string of the molecule is CNC1CC(C)NC(NC2CC3CCOC3C(C3=CCNCCC3)C2F)C1. The Morgan fingerprint density at radius 1 is 1.26 bits per heavy atom. The lowest BCUT2D eigenvalue weighted by atomic mass is 9.70. The summed E-state index contributed by atoms with van der Waals surface area (Å²) in [6.07, 6.45) is 7.81. The summed E-state index contributed by atoms with van der Waals surface area (Å²) in [5, 5.41) is 14.1. The third kappa shape index (κ3) is 4.40. The Bertz CT molecular complexity index is 530. The van der Waals surface area contributed by atoms with Crippen molar-refractivity contribution >= 4 is 0 Å². The smallest absolute Gasteiger partial charge is 0.124 e. The number of halogens is 1. The summed E-state index contributed by atoms with van der Waals surface area (Å²) in [7, 11) is 2.03. The molecular weight excluding hydrogens is 343 g/mol. The van der Waals surface area contributed by atoms with Gasteiger partial charge < -0.3 is 15.4 Å². The topological polar surface area (TPSA) is 57.3 Å². The monoisotopic (exact) mass is 380 g/mol. The van der Waals surface area contributed by atoms with Crippen LogP contribution in [0.3, 0.4) is 0 Å². The molecular formula is C21H37FN4O. The molecule has 27 heavy (non-hydrogen) atoms. The lowest BCUT2D eigenvalue weighted by molar-refractivity contribution is -0.0249. The van der Waals surface area contributed by atoms with Crippen molar-refractivity contribution in [1.29, 1.82) is 0 Å². The number of ether oxygens (including phenoxy) is 1. The van der Waals surface area contributed by atoms with E-state index in [9.17, 15) is 0 Å². The molecule has 0 radical (unpaired) electrons. The maximum absolute atomic E-state index is 15.9. The molecule has 2 saturated heterocycles. The van der Waals surface area contributed by atoms with Crippen LogP contribution in [0.15, 0.2) is 11.6 Å². The summed E-state index contributed by atoms with van der Waals surface area (Å²) in [5.74, 6) is 0.405. The summed E-state index contributed by atoms with van der Waals surface area (Å²) in [6, 6.07) is 0.856. The molecule has 1 aliphatic carbocycles.